The number of hydrogen-bond donors (Lipinski definition) is 0. The first kappa shape index (κ1) is 19.3. The van der Waals surface area contributed by atoms with E-state index in [9.17, 15) is 4.79 Å². The average Bonchev–Trinajstić information content (AvgIpc) is 3.02. The van der Waals surface area contributed by atoms with E-state index in [4.69, 9.17) is 4.74 Å². The SMILES string of the molecule is COCCC(=O)N1CCC(c2nnc(CN3CCN(C)CC3)n2C)CC1. The molecule has 3 rings (SSSR count). The molecule has 2 aliphatic heterocycles. The van der Waals surface area contributed by atoms with E-state index in [1.165, 1.54) is 0 Å². The maximum Gasteiger partial charge on any atom is 0.224 e. The van der Waals surface area contributed by atoms with Gasteiger partial charge in [-0.05, 0) is 19.9 Å². The summed E-state index contributed by atoms with van der Waals surface area (Å²) in [5, 5.41) is 8.95. The molecule has 3 heterocycles. The molecular weight excluding hydrogens is 332 g/mol. The first-order valence-corrected chi connectivity index (χ1v) is 9.64. The average molecular weight is 364 g/mol. The Bertz CT molecular complexity index is 589. The van der Waals surface area contributed by atoms with Gasteiger partial charge in [-0.15, -0.1) is 10.2 Å². The number of amides is 1. The quantitative estimate of drug-likeness (QED) is 0.724. The zero-order valence-corrected chi connectivity index (χ0v) is 16.4. The van der Waals surface area contributed by atoms with Gasteiger partial charge in [-0.1, -0.05) is 0 Å². The third kappa shape index (κ3) is 4.61. The van der Waals surface area contributed by atoms with E-state index in [1.807, 2.05) is 4.90 Å². The summed E-state index contributed by atoms with van der Waals surface area (Å²) in [6.45, 7) is 7.35. The number of nitrogens with zero attached hydrogens (tertiary/aromatic N) is 6. The third-order valence-electron chi connectivity index (χ3n) is 5.69. The minimum absolute atomic E-state index is 0.194. The maximum absolute atomic E-state index is 12.1. The van der Waals surface area contributed by atoms with E-state index in [2.05, 4.69) is 38.7 Å². The summed E-state index contributed by atoms with van der Waals surface area (Å²) in [6, 6.07) is 0. The smallest absolute Gasteiger partial charge is 0.224 e. The molecule has 0 radical (unpaired) electrons. The largest absolute Gasteiger partial charge is 0.384 e. The van der Waals surface area contributed by atoms with Crippen LogP contribution < -0.4 is 0 Å². The van der Waals surface area contributed by atoms with Gasteiger partial charge in [0.2, 0.25) is 5.91 Å². The number of carbonyl (C=O) groups excluding carboxylic acids is 1. The van der Waals surface area contributed by atoms with Gasteiger partial charge in [0, 0.05) is 59.3 Å². The highest BCUT2D eigenvalue weighted by Crippen LogP contribution is 2.27. The minimum Gasteiger partial charge on any atom is -0.384 e. The van der Waals surface area contributed by atoms with Crippen LogP contribution in [0.1, 0.15) is 36.8 Å². The van der Waals surface area contributed by atoms with Crippen LogP contribution >= 0.6 is 0 Å². The molecule has 0 aromatic carbocycles. The molecule has 8 nitrogen and oxygen atoms in total. The minimum atomic E-state index is 0.194. The number of carbonyl (C=O) groups is 1. The molecule has 2 aliphatic rings. The normalized spacial score (nSPS) is 20.7. The molecule has 0 atom stereocenters. The Morgan fingerprint density at radius 3 is 2.42 bits per heavy atom. The molecular formula is C18H32N6O2. The van der Waals surface area contributed by atoms with E-state index < -0.39 is 0 Å². The van der Waals surface area contributed by atoms with Crippen molar-refractivity contribution in [2.45, 2.75) is 31.7 Å². The highest BCUT2D eigenvalue weighted by molar-refractivity contribution is 5.76. The number of rotatable bonds is 6. The number of piperazine rings is 1. The molecule has 0 N–H and O–H groups in total. The number of methoxy groups -OCH3 is 1. The van der Waals surface area contributed by atoms with E-state index >= 15 is 0 Å². The Morgan fingerprint density at radius 1 is 1.08 bits per heavy atom. The molecule has 1 aromatic heterocycles. The molecule has 2 fully saturated rings. The Labute approximate surface area is 156 Å². The molecule has 0 aliphatic carbocycles. The van der Waals surface area contributed by atoms with E-state index in [-0.39, 0.29) is 5.91 Å². The Morgan fingerprint density at radius 2 is 1.77 bits per heavy atom. The van der Waals surface area contributed by atoms with Crippen molar-refractivity contribution in [3.05, 3.63) is 11.6 Å². The van der Waals surface area contributed by atoms with Gasteiger partial charge in [0.1, 0.15) is 11.6 Å². The lowest BCUT2D eigenvalue weighted by molar-refractivity contribution is -0.133. The number of likely N-dealkylation sites (N-methyl/N-ethyl adjacent to an activating group) is 1. The van der Waals surface area contributed by atoms with Gasteiger partial charge >= 0.3 is 0 Å². The van der Waals surface area contributed by atoms with Crippen molar-refractivity contribution in [1.82, 2.24) is 29.5 Å². The van der Waals surface area contributed by atoms with Crippen LogP contribution in [0, 0.1) is 0 Å². The second-order valence-corrected chi connectivity index (χ2v) is 7.51. The van der Waals surface area contributed by atoms with Crippen molar-refractivity contribution in [2.75, 3.05) is 60.0 Å². The van der Waals surface area contributed by atoms with E-state index in [0.717, 1.165) is 70.3 Å². The highest BCUT2D eigenvalue weighted by atomic mass is 16.5. The highest BCUT2D eigenvalue weighted by Gasteiger charge is 2.27. The summed E-state index contributed by atoms with van der Waals surface area (Å²) in [5.41, 5.74) is 0. The fraction of sp³-hybridized carbons (Fsp3) is 0.833. The second-order valence-electron chi connectivity index (χ2n) is 7.51. The molecule has 146 valence electrons. The molecule has 0 unspecified atom stereocenters. The topological polar surface area (TPSA) is 66.7 Å². The molecule has 1 amide bonds. The van der Waals surface area contributed by atoms with Gasteiger partial charge in [0.15, 0.2) is 0 Å². The van der Waals surface area contributed by atoms with E-state index in [0.29, 0.717) is 18.9 Å². The molecule has 8 heteroatoms. The summed E-state index contributed by atoms with van der Waals surface area (Å²) < 4.78 is 7.18. The fourth-order valence-corrected chi connectivity index (χ4v) is 3.81. The van der Waals surface area contributed by atoms with E-state index in [1.54, 1.807) is 7.11 Å². The molecule has 2 saturated heterocycles. The molecule has 1 aromatic rings. The van der Waals surface area contributed by atoms with Crippen LogP contribution in [-0.4, -0.2) is 95.4 Å². The lowest BCUT2D eigenvalue weighted by atomic mass is 9.95. The third-order valence-corrected chi connectivity index (χ3v) is 5.69. The lowest BCUT2D eigenvalue weighted by Gasteiger charge is -2.32. The number of piperidine rings is 1. The van der Waals surface area contributed by atoms with Crippen LogP contribution in [0.25, 0.3) is 0 Å². The molecule has 0 saturated carbocycles. The Hall–Kier alpha value is -1.51. The first-order valence-electron chi connectivity index (χ1n) is 9.64. The van der Waals surface area contributed by atoms with Crippen molar-refractivity contribution in [1.29, 1.82) is 0 Å². The van der Waals surface area contributed by atoms with Crippen LogP contribution in [0.4, 0.5) is 0 Å². The van der Waals surface area contributed by atoms with Crippen LogP contribution in [0.2, 0.25) is 0 Å². The summed E-state index contributed by atoms with van der Waals surface area (Å²) in [4.78, 5) is 18.9. The van der Waals surface area contributed by atoms with Gasteiger partial charge in [-0.25, -0.2) is 0 Å². The summed E-state index contributed by atoms with van der Waals surface area (Å²) >= 11 is 0. The van der Waals surface area contributed by atoms with Crippen molar-refractivity contribution in [3.8, 4) is 0 Å². The predicted molar refractivity (Wildman–Crippen MR) is 98.8 cm³/mol. The zero-order chi connectivity index (χ0) is 18.5. The van der Waals surface area contributed by atoms with Crippen molar-refractivity contribution in [3.63, 3.8) is 0 Å². The fourth-order valence-electron chi connectivity index (χ4n) is 3.81. The van der Waals surface area contributed by atoms with Crippen LogP contribution in [-0.2, 0) is 23.1 Å². The van der Waals surface area contributed by atoms with Crippen LogP contribution in [0.3, 0.4) is 0 Å². The maximum atomic E-state index is 12.1. The lowest BCUT2D eigenvalue weighted by Crippen LogP contribution is -2.44. The van der Waals surface area contributed by atoms with Gasteiger partial charge < -0.3 is 19.1 Å². The monoisotopic (exact) mass is 364 g/mol. The van der Waals surface area contributed by atoms with Crippen molar-refractivity contribution in [2.24, 2.45) is 7.05 Å². The molecule has 26 heavy (non-hydrogen) atoms. The number of hydrogen-bond acceptors (Lipinski definition) is 6. The van der Waals surface area contributed by atoms with Gasteiger partial charge in [0.25, 0.3) is 0 Å². The standard InChI is InChI=1S/C18H32N6O2/c1-21-9-11-23(12-10-21)14-16-19-20-18(22(16)2)15-4-7-24(8-5-15)17(25)6-13-26-3/h15H,4-14H2,1-3H3. The Balaban J connectivity index is 1.53. The Kier molecular flexibility index (Phi) is 6.61. The number of aromatic nitrogens is 3. The first-order chi connectivity index (χ1) is 12.6. The number of likely N-dealkylation sites (tertiary alicyclic amines) is 1. The van der Waals surface area contributed by atoms with Gasteiger partial charge in [0.05, 0.1) is 19.6 Å². The molecule has 0 spiro atoms. The summed E-state index contributed by atoms with van der Waals surface area (Å²) in [5.74, 6) is 2.69. The van der Waals surface area contributed by atoms with Crippen LogP contribution in [0.5, 0.6) is 0 Å². The van der Waals surface area contributed by atoms with Crippen molar-refractivity contribution < 1.29 is 9.53 Å². The van der Waals surface area contributed by atoms with Crippen LogP contribution in [0.15, 0.2) is 0 Å². The molecule has 0 bridgehead atoms. The number of ether oxygens (including phenoxy) is 1. The van der Waals surface area contributed by atoms with Gasteiger partial charge in [-0.3, -0.25) is 9.69 Å². The van der Waals surface area contributed by atoms with Crippen molar-refractivity contribution >= 4 is 5.91 Å². The summed E-state index contributed by atoms with van der Waals surface area (Å²) in [7, 11) is 5.88. The predicted octanol–water partition coefficient (Wildman–Crippen LogP) is 0.305. The summed E-state index contributed by atoms with van der Waals surface area (Å²) in [6.07, 6.45) is 2.39. The second kappa shape index (κ2) is 8.92. The zero-order valence-electron chi connectivity index (χ0n) is 16.4. The van der Waals surface area contributed by atoms with Gasteiger partial charge in [-0.2, -0.15) is 0 Å².